The van der Waals surface area contributed by atoms with Gasteiger partial charge in [-0.1, -0.05) is 34.6 Å². The third kappa shape index (κ3) is 12.3. The number of hydrogen-bond donors (Lipinski definition) is 7. The predicted octanol–water partition coefficient (Wildman–Crippen LogP) is 1.37. The lowest BCUT2D eigenvalue weighted by Gasteiger charge is -2.40. The van der Waals surface area contributed by atoms with Crippen molar-refractivity contribution in [2.45, 2.75) is 82.1 Å². The summed E-state index contributed by atoms with van der Waals surface area (Å²) < 4.78 is 10.6. The van der Waals surface area contributed by atoms with Crippen molar-refractivity contribution in [3.63, 3.8) is 0 Å². The molecule has 0 spiro atoms. The Hall–Kier alpha value is 0.470. The van der Waals surface area contributed by atoms with E-state index in [1.807, 2.05) is 25.6 Å². The smallest absolute Gasteiger partial charge is 0.110 e. The number of thioether (sulfide) groups is 2. The highest BCUT2D eigenvalue weighted by Gasteiger charge is 2.42. The van der Waals surface area contributed by atoms with Crippen LogP contribution in [0.2, 0.25) is 0 Å². The number of thiol groups is 1. The molecule has 2 rings (SSSR count). The van der Waals surface area contributed by atoms with E-state index in [1.165, 1.54) is 11.5 Å². The first-order chi connectivity index (χ1) is 15.6. The summed E-state index contributed by atoms with van der Waals surface area (Å²) in [5.74, 6) is 3.06. The van der Waals surface area contributed by atoms with Crippen LogP contribution in [0.25, 0.3) is 0 Å². The van der Waals surface area contributed by atoms with E-state index in [9.17, 15) is 20.4 Å². The van der Waals surface area contributed by atoms with Crippen LogP contribution in [0.1, 0.15) is 34.6 Å². The molecule has 10 atom stereocenters. The van der Waals surface area contributed by atoms with E-state index in [2.05, 4.69) is 39.6 Å². The topological polar surface area (TPSA) is 140 Å². The normalized spacial score (nSPS) is 37.9. The molecule has 200 valence electrons. The highest BCUT2D eigenvalue weighted by Crippen LogP contribution is 2.32. The first-order valence-corrected chi connectivity index (χ1v) is 13.9. The van der Waals surface area contributed by atoms with Crippen molar-refractivity contribution in [2.75, 3.05) is 30.5 Å². The molecule has 0 aromatic carbocycles. The lowest BCUT2D eigenvalue weighted by molar-refractivity contribution is -0.181. The minimum absolute atomic E-state index is 0.113. The molecule has 2 saturated heterocycles. The van der Waals surface area contributed by atoms with E-state index in [-0.39, 0.29) is 30.5 Å². The SMILES string of the molecule is C=C.CC1[C@H](S)OC(CO)[C@@H](O)[C@@H]1O.CCSCC.CCS[C@@H]1OC(CO)[C@@H](O)[C@H](O)C1C. The van der Waals surface area contributed by atoms with Crippen molar-refractivity contribution in [2.24, 2.45) is 11.8 Å². The van der Waals surface area contributed by atoms with Gasteiger partial charge in [-0.05, 0) is 17.3 Å². The molecule has 11 heteroatoms. The fourth-order valence-corrected chi connectivity index (χ4v) is 4.77. The fourth-order valence-electron chi connectivity index (χ4n) is 3.01. The second-order valence-corrected chi connectivity index (χ2v) is 10.8. The van der Waals surface area contributed by atoms with E-state index in [4.69, 9.17) is 19.7 Å². The maximum atomic E-state index is 9.69. The Balaban J connectivity index is 0. The van der Waals surface area contributed by atoms with Gasteiger partial charge in [-0.2, -0.15) is 11.8 Å². The average Bonchev–Trinajstić information content (AvgIpc) is 2.83. The molecule has 0 aromatic heterocycles. The Morgan fingerprint density at radius 2 is 1.15 bits per heavy atom. The summed E-state index contributed by atoms with van der Waals surface area (Å²) in [6.07, 6.45) is -5.08. The van der Waals surface area contributed by atoms with Crippen LogP contribution in [-0.4, -0.2) is 109 Å². The molecule has 0 aliphatic carbocycles. The molecule has 2 aliphatic rings. The van der Waals surface area contributed by atoms with Crippen LogP contribution in [0.3, 0.4) is 0 Å². The van der Waals surface area contributed by atoms with Crippen molar-refractivity contribution >= 4 is 36.2 Å². The average molecular weight is 535 g/mol. The zero-order valence-electron chi connectivity index (χ0n) is 20.5. The van der Waals surface area contributed by atoms with Gasteiger partial charge in [0, 0.05) is 11.8 Å². The third-order valence-electron chi connectivity index (χ3n) is 5.14. The Kier molecular flexibility index (Phi) is 22.3. The van der Waals surface area contributed by atoms with Gasteiger partial charge in [-0.25, -0.2) is 0 Å². The largest absolute Gasteiger partial charge is 0.394 e. The molecule has 8 nitrogen and oxygen atoms in total. The van der Waals surface area contributed by atoms with Crippen molar-refractivity contribution in [1.29, 1.82) is 0 Å². The molecule has 0 amide bonds. The lowest BCUT2D eigenvalue weighted by Crippen LogP contribution is -2.53. The Morgan fingerprint density at radius 1 is 0.727 bits per heavy atom. The quantitative estimate of drug-likeness (QED) is 0.197. The summed E-state index contributed by atoms with van der Waals surface area (Å²) in [6, 6.07) is 0. The Morgan fingerprint density at radius 3 is 1.52 bits per heavy atom. The molecule has 2 aliphatic heterocycles. The van der Waals surface area contributed by atoms with Gasteiger partial charge in [-0.15, -0.1) is 37.5 Å². The van der Waals surface area contributed by atoms with Crippen molar-refractivity contribution in [1.82, 2.24) is 0 Å². The highest BCUT2D eigenvalue weighted by atomic mass is 32.2. The standard InChI is InChI=1S/C9H18O4S.C7H14O4S.C4H10S.C2H4/c1-3-14-9-5(2)7(11)8(12)6(4-10)13-9;1-3-5(9)6(10)4(2-8)11-7(3)12;1-3-5-4-2;1-2/h5-12H,3-4H2,1-2H3;3-10,12H,2H2,1H3;3-4H2,1-2H3;1-2H2/t5?,6?,7-,8-,9+;3?,4?,5-,6-,7+;;/m11../s1. The number of aliphatic hydroxyl groups excluding tert-OH is 6. The van der Waals surface area contributed by atoms with Crippen LogP contribution < -0.4 is 0 Å². The number of hydrogen-bond acceptors (Lipinski definition) is 11. The molecule has 4 unspecified atom stereocenters. The predicted molar refractivity (Wildman–Crippen MR) is 141 cm³/mol. The second-order valence-electron chi connectivity index (χ2n) is 7.39. The molecule has 2 fully saturated rings. The van der Waals surface area contributed by atoms with Crippen LogP contribution in [0.5, 0.6) is 0 Å². The van der Waals surface area contributed by atoms with E-state index < -0.39 is 42.1 Å². The molecular formula is C22H46O8S3. The van der Waals surface area contributed by atoms with E-state index in [0.717, 1.165) is 5.75 Å². The first kappa shape index (κ1) is 35.6. The van der Waals surface area contributed by atoms with Crippen molar-refractivity contribution in [3.8, 4) is 0 Å². The summed E-state index contributed by atoms with van der Waals surface area (Å²) in [7, 11) is 0. The molecule has 0 radical (unpaired) electrons. The summed E-state index contributed by atoms with van der Waals surface area (Å²) in [5, 5.41) is 55.7. The number of rotatable bonds is 6. The Bertz CT molecular complexity index is 455. The summed E-state index contributed by atoms with van der Waals surface area (Å²) in [5.41, 5.74) is -0.573. The van der Waals surface area contributed by atoms with E-state index >= 15 is 0 Å². The number of ether oxygens (including phenoxy) is 2. The van der Waals surface area contributed by atoms with Crippen molar-refractivity contribution < 1.29 is 40.1 Å². The maximum absolute atomic E-state index is 9.69. The highest BCUT2D eigenvalue weighted by molar-refractivity contribution is 7.99. The van der Waals surface area contributed by atoms with Crippen LogP contribution in [0, 0.1) is 11.8 Å². The van der Waals surface area contributed by atoms with E-state index in [0.29, 0.717) is 0 Å². The van der Waals surface area contributed by atoms with Gasteiger partial charge in [0.15, 0.2) is 0 Å². The molecule has 6 N–H and O–H groups in total. The summed E-state index contributed by atoms with van der Waals surface area (Å²) >= 11 is 7.61. The maximum Gasteiger partial charge on any atom is 0.110 e. The lowest BCUT2D eigenvalue weighted by atomic mass is 9.94. The van der Waals surface area contributed by atoms with Gasteiger partial charge < -0.3 is 40.1 Å². The zero-order valence-corrected chi connectivity index (χ0v) is 23.0. The van der Waals surface area contributed by atoms with Crippen LogP contribution in [0.4, 0.5) is 0 Å². The van der Waals surface area contributed by atoms with E-state index in [1.54, 1.807) is 18.7 Å². The summed E-state index contributed by atoms with van der Waals surface area (Å²) in [6.45, 7) is 15.4. The minimum Gasteiger partial charge on any atom is -0.394 e. The zero-order chi connectivity index (χ0) is 26.1. The molecule has 0 aromatic rings. The van der Waals surface area contributed by atoms with Gasteiger partial charge >= 0.3 is 0 Å². The first-order valence-electron chi connectivity index (χ1n) is 11.2. The Labute approximate surface area is 213 Å². The molecule has 0 saturated carbocycles. The molecule has 0 bridgehead atoms. The monoisotopic (exact) mass is 534 g/mol. The number of aliphatic hydroxyl groups is 6. The fraction of sp³-hybridized carbons (Fsp3) is 0.909. The van der Waals surface area contributed by atoms with Gasteiger partial charge in [0.25, 0.3) is 0 Å². The van der Waals surface area contributed by atoms with Crippen molar-refractivity contribution in [3.05, 3.63) is 13.2 Å². The third-order valence-corrected chi connectivity index (χ3v) is 7.75. The van der Waals surface area contributed by atoms with Crippen LogP contribution >= 0.6 is 36.2 Å². The second kappa shape index (κ2) is 20.6. The van der Waals surface area contributed by atoms with Gasteiger partial charge in [0.1, 0.15) is 35.3 Å². The van der Waals surface area contributed by atoms with Crippen LogP contribution in [0.15, 0.2) is 13.2 Å². The molecule has 33 heavy (non-hydrogen) atoms. The molecule has 2 heterocycles. The molecular weight excluding hydrogens is 488 g/mol. The van der Waals surface area contributed by atoms with Crippen LogP contribution in [-0.2, 0) is 9.47 Å². The van der Waals surface area contributed by atoms with Gasteiger partial charge in [0.2, 0.25) is 0 Å². The van der Waals surface area contributed by atoms with Gasteiger partial charge in [0.05, 0.1) is 25.4 Å². The minimum atomic E-state index is -1.02. The van der Waals surface area contributed by atoms with Gasteiger partial charge in [-0.3, -0.25) is 0 Å². The summed E-state index contributed by atoms with van der Waals surface area (Å²) in [4.78, 5) is 0.